The molecule has 5 rings (SSSR count). The van der Waals surface area contributed by atoms with Crippen LogP contribution in [0.1, 0.15) is 58.6 Å². The quantitative estimate of drug-likeness (QED) is 0.356. The Hall–Kier alpha value is -2.26. The van der Waals surface area contributed by atoms with Crippen molar-refractivity contribution in [2.75, 3.05) is 18.5 Å². The van der Waals surface area contributed by atoms with Crippen molar-refractivity contribution >= 4 is 39.1 Å². The molecule has 1 fully saturated rings. The van der Waals surface area contributed by atoms with Crippen LogP contribution in [0.2, 0.25) is 5.02 Å². The highest BCUT2D eigenvalue weighted by Gasteiger charge is 2.42. The molecule has 2 aromatic heterocycles. The number of nitrogens with two attached hydrogens (primary N) is 1. The summed E-state index contributed by atoms with van der Waals surface area (Å²) in [5.74, 6) is -2.66. The van der Waals surface area contributed by atoms with Gasteiger partial charge < -0.3 is 15.2 Å². The van der Waals surface area contributed by atoms with Crippen LogP contribution in [0.15, 0.2) is 42.2 Å². The lowest BCUT2D eigenvalue weighted by molar-refractivity contribution is -0.115. The number of hydrogen-bond acceptors (Lipinski definition) is 9. The molecule has 0 bridgehead atoms. The number of nitrogens with zero attached hydrogens (tertiary/aromatic N) is 2. The number of anilines is 1. The van der Waals surface area contributed by atoms with E-state index >= 15 is 0 Å². The van der Waals surface area contributed by atoms with E-state index in [1.807, 2.05) is 0 Å². The summed E-state index contributed by atoms with van der Waals surface area (Å²) >= 11 is 7.36. The Bertz CT molecular complexity index is 1420. The van der Waals surface area contributed by atoms with Crippen LogP contribution >= 0.6 is 22.9 Å². The van der Waals surface area contributed by atoms with Gasteiger partial charge in [0.05, 0.1) is 6.61 Å². The molecular weight excluding hydrogens is 562 g/mol. The molecular formula is C24H25ClF2N4O5S2. The van der Waals surface area contributed by atoms with E-state index in [1.54, 1.807) is 11.4 Å². The molecule has 204 valence electrons. The van der Waals surface area contributed by atoms with Gasteiger partial charge in [0.2, 0.25) is 0 Å². The van der Waals surface area contributed by atoms with E-state index in [-0.39, 0.29) is 24.1 Å². The van der Waals surface area contributed by atoms with Crippen LogP contribution in [0.5, 0.6) is 0 Å². The van der Waals surface area contributed by atoms with Crippen molar-refractivity contribution in [1.29, 1.82) is 0 Å². The number of aliphatic hydroxyl groups excluding tert-OH is 1. The predicted octanol–water partition coefficient (Wildman–Crippen LogP) is 4.29. The summed E-state index contributed by atoms with van der Waals surface area (Å²) in [4.78, 5) is 8.93. The predicted molar refractivity (Wildman–Crippen MR) is 137 cm³/mol. The number of fused-ring (bicyclic) bond motifs is 1. The van der Waals surface area contributed by atoms with Crippen LogP contribution in [-0.4, -0.2) is 42.7 Å². The first-order valence-corrected chi connectivity index (χ1v) is 14.5. The van der Waals surface area contributed by atoms with Gasteiger partial charge >= 0.3 is 10.3 Å². The maximum absolute atomic E-state index is 14.4. The van der Waals surface area contributed by atoms with Crippen LogP contribution in [-0.2, 0) is 25.1 Å². The van der Waals surface area contributed by atoms with Crippen molar-refractivity contribution in [3.05, 3.63) is 74.3 Å². The second-order valence-electron chi connectivity index (χ2n) is 9.44. The summed E-state index contributed by atoms with van der Waals surface area (Å²) in [6.45, 7) is -0.747. The van der Waals surface area contributed by atoms with E-state index < -0.39 is 35.0 Å². The number of halogens is 3. The number of benzene rings is 1. The van der Waals surface area contributed by atoms with Crippen molar-refractivity contribution in [1.82, 2.24) is 9.97 Å². The van der Waals surface area contributed by atoms with Crippen molar-refractivity contribution in [2.24, 2.45) is 11.1 Å². The summed E-state index contributed by atoms with van der Waals surface area (Å²) < 4.78 is 61.3. The van der Waals surface area contributed by atoms with E-state index in [9.17, 15) is 22.3 Å². The average molecular weight is 587 g/mol. The van der Waals surface area contributed by atoms with Crippen molar-refractivity contribution < 1.29 is 31.2 Å². The van der Waals surface area contributed by atoms with E-state index in [0.717, 1.165) is 12.8 Å². The molecule has 2 aliphatic rings. The molecule has 1 saturated carbocycles. The van der Waals surface area contributed by atoms with E-state index in [0.29, 0.717) is 38.8 Å². The lowest BCUT2D eigenvalue weighted by Crippen LogP contribution is -2.30. The molecule has 0 radical (unpaired) electrons. The molecule has 1 aliphatic carbocycles. The lowest BCUT2D eigenvalue weighted by Gasteiger charge is -2.31. The first kappa shape index (κ1) is 27.3. The maximum Gasteiger partial charge on any atom is 0.333 e. The molecule has 0 amide bonds. The van der Waals surface area contributed by atoms with Gasteiger partial charge in [0.15, 0.2) is 0 Å². The molecule has 38 heavy (non-hydrogen) atoms. The summed E-state index contributed by atoms with van der Waals surface area (Å²) in [5, 5.41) is 21.5. The summed E-state index contributed by atoms with van der Waals surface area (Å²) in [6, 6.07) is 5.95. The number of ether oxygens (including phenoxy) is 1. The number of aliphatic hydroxyl groups is 1. The number of hydrogen-bond donors (Lipinski definition) is 3. The zero-order valence-corrected chi connectivity index (χ0v) is 22.3. The summed E-state index contributed by atoms with van der Waals surface area (Å²) in [6.07, 6.45) is 3.20. The number of nitrogens with one attached hydrogen (secondary N) is 1. The highest BCUT2D eigenvalue weighted by Crippen LogP contribution is 2.45. The number of thiophene rings is 1. The van der Waals surface area contributed by atoms with E-state index in [1.165, 1.54) is 42.1 Å². The SMILES string of the molecule is NS(=O)(=O)OC[C@@H]1CC[C@H](Nc2ncncc2C(O)c2cc(C3OCC(F)(F)c4ccc(Cl)cc43)cs2)C1. The fraction of sp³-hybridized carbons (Fsp3) is 0.417. The third kappa shape index (κ3) is 5.98. The van der Waals surface area contributed by atoms with Crippen LogP contribution in [0.3, 0.4) is 0 Å². The van der Waals surface area contributed by atoms with Gasteiger partial charge in [-0.25, -0.2) is 15.1 Å². The third-order valence-corrected chi connectivity index (χ3v) is 8.42. The molecule has 0 spiro atoms. The van der Waals surface area contributed by atoms with Gasteiger partial charge in [0.1, 0.15) is 31.0 Å². The van der Waals surface area contributed by atoms with Gasteiger partial charge in [-0.3, -0.25) is 4.18 Å². The minimum atomic E-state index is -3.99. The Morgan fingerprint density at radius 1 is 1.34 bits per heavy atom. The minimum absolute atomic E-state index is 0.0117. The lowest BCUT2D eigenvalue weighted by atomic mass is 9.92. The molecule has 1 aromatic carbocycles. The largest absolute Gasteiger partial charge is 0.383 e. The van der Waals surface area contributed by atoms with Crippen LogP contribution in [0, 0.1) is 5.92 Å². The Morgan fingerprint density at radius 2 is 2.16 bits per heavy atom. The molecule has 3 aromatic rings. The molecule has 2 unspecified atom stereocenters. The smallest absolute Gasteiger partial charge is 0.333 e. The van der Waals surface area contributed by atoms with E-state index in [4.69, 9.17) is 25.7 Å². The molecule has 1 aliphatic heterocycles. The second kappa shape index (κ2) is 10.7. The van der Waals surface area contributed by atoms with Crippen LogP contribution in [0.4, 0.5) is 14.6 Å². The van der Waals surface area contributed by atoms with Crippen molar-refractivity contribution in [2.45, 2.75) is 43.4 Å². The first-order valence-electron chi connectivity index (χ1n) is 11.8. The number of alkyl halides is 2. The Morgan fingerprint density at radius 3 is 2.95 bits per heavy atom. The molecule has 0 saturated heterocycles. The monoisotopic (exact) mass is 586 g/mol. The highest BCUT2D eigenvalue weighted by atomic mass is 35.5. The second-order valence-corrected chi connectivity index (χ2v) is 12.0. The van der Waals surface area contributed by atoms with Gasteiger partial charge in [0, 0.05) is 33.3 Å². The third-order valence-electron chi connectivity index (χ3n) is 6.72. The normalized spacial score (nSPS) is 23.7. The molecule has 9 nitrogen and oxygen atoms in total. The van der Waals surface area contributed by atoms with Gasteiger partial charge in [-0.05, 0) is 59.9 Å². The fourth-order valence-electron chi connectivity index (χ4n) is 4.92. The molecule has 3 heterocycles. The molecule has 4 N–H and O–H groups in total. The van der Waals surface area contributed by atoms with Gasteiger partial charge in [-0.2, -0.15) is 17.2 Å². The van der Waals surface area contributed by atoms with Crippen LogP contribution in [0.25, 0.3) is 0 Å². The fourth-order valence-corrected chi connectivity index (χ4v) is 6.41. The zero-order chi connectivity index (χ0) is 27.1. The summed E-state index contributed by atoms with van der Waals surface area (Å²) in [5.41, 5.74) is 1.24. The Labute approximate surface area is 227 Å². The van der Waals surface area contributed by atoms with Crippen molar-refractivity contribution in [3.8, 4) is 0 Å². The minimum Gasteiger partial charge on any atom is -0.383 e. The maximum atomic E-state index is 14.4. The van der Waals surface area contributed by atoms with E-state index in [2.05, 4.69) is 15.3 Å². The Balaban J connectivity index is 1.32. The average Bonchev–Trinajstić information content (AvgIpc) is 3.52. The van der Waals surface area contributed by atoms with Gasteiger partial charge in [0.25, 0.3) is 5.92 Å². The number of aromatic nitrogens is 2. The van der Waals surface area contributed by atoms with Gasteiger partial charge in [-0.15, -0.1) is 11.3 Å². The Kier molecular flexibility index (Phi) is 7.70. The van der Waals surface area contributed by atoms with Crippen LogP contribution < -0.4 is 10.5 Å². The first-order chi connectivity index (χ1) is 18.0. The molecule has 4 atom stereocenters. The van der Waals surface area contributed by atoms with Crippen molar-refractivity contribution in [3.63, 3.8) is 0 Å². The topological polar surface area (TPSA) is 137 Å². The summed E-state index contributed by atoms with van der Waals surface area (Å²) in [7, 11) is -3.99. The standard InChI is InChI=1S/C24H25ClF2N4O5S2/c25-15-2-4-19-17(7-15)22(35-11-24(19,26)27)14-6-20(37-10-14)21(32)18-8-29-12-30-23(18)31-16-3-1-13(5-16)9-36-38(28,33)34/h2,4,6-8,10,12-13,16,21-22,32H,1,3,5,9,11H2,(H2,28,33,34)(H,29,30,31)/t13-,16+,21?,22?/m1/s1. The van der Waals surface area contributed by atoms with Gasteiger partial charge in [-0.1, -0.05) is 17.7 Å². The zero-order valence-electron chi connectivity index (χ0n) is 19.9. The highest BCUT2D eigenvalue weighted by molar-refractivity contribution is 7.84. The molecule has 14 heteroatoms. The number of rotatable bonds is 8.